The number of benzene rings is 2. The van der Waals surface area contributed by atoms with Gasteiger partial charge in [-0.15, -0.1) is 0 Å². The summed E-state index contributed by atoms with van der Waals surface area (Å²) in [6.45, 7) is 3.79. The van der Waals surface area contributed by atoms with Crippen LogP contribution in [0.1, 0.15) is 36.4 Å². The monoisotopic (exact) mass is 435 g/mol. The minimum Gasteiger partial charge on any atom is -0.356 e. The number of likely N-dealkylation sites (tertiary alicyclic amines) is 1. The average Bonchev–Trinajstić information content (AvgIpc) is 2.83. The van der Waals surface area contributed by atoms with Gasteiger partial charge in [0.1, 0.15) is 6.61 Å². The van der Waals surface area contributed by atoms with Gasteiger partial charge in [-0.2, -0.15) is 0 Å². The van der Waals surface area contributed by atoms with Crippen LogP contribution < -0.4 is 5.32 Å². The Labute approximate surface area is 190 Å². The van der Waals surface area contributed by atoms with Crippen molar-refractivity contribution in [3.8, 4) is 0 Å². The van der Waals surface area contributed by atoms with Crippen LogP contribution in [0.5, 0.6) is 0 Å². The maximum Gasteiger partial charge on any atom is 0.251 e. The minimum absolute atomic E-state index is 0.0577. The molecule has 2 aliphatic rings. The molecule has 2 amide bonds. The maximum absolute atomic E-state index is 12.9. The number of piperidine rings is 1. The molecule has 0 radical (unpaired) electrons. The lowest BCUT2D eigenvalue weighted by Crippen LogP contribution is -2.53. The van der Waals surface area contributed by atoms with E-state index < -0.39 is 12.1 Å². The molecule has 2 saturated heterocycles. The zero-order chi connectivity index (χ0) is 22.3. The number of nitrogens with one attached hydrogen (secondary N) is 1. The molecule has 6 nitrogen and oxygen atoms in total. The Hall–Kier alpha value is -2.70. The number of amides is 2. The number of hydrogen-bond acceptors (Lipinski definition) is 4. The van der Waals surface area contributed by atoms with Gasteiger partial charge in [0, 0.05) is 20.1 Å². The molecule has 2 aromatic rings. The minimum atomic E-state index is -0.687. The Morgan fingerprint density at radius 1 is 1.03 bits per heavy atom. The van der Waals surface area contributed by atoms with E-state index in [0.29, 0.717) is 12.5 Å². The Morgan fingerprint density at radius 3 is 2.38 bits per heavy atom. The van der Waals surface area contributed by atoms with Crippen LogP contribution in [0, 0.1) is 5.92 Å². The summed E-state index contributed by atoms with van der Waals surface area (Å²) < 4.78 is 5.69. The number of hydrogen-bond donors (Lipinski definition) is 1. The van der Waals surface area contributed by atoms with Crippen LogP contribution in [-0.2, 0) is 20.9 Å². The number of ether oxygens (including phenoxy) is 1. The van der Waals surface area contributed by atoms with Crippen molar-refractivity contribution in [1.82, 2.24) is 15.1 Å². The molecule has 0 spiro atoms. The summed E-state index contributed by atoms with van der Waals surface area (Å²) in [7, 11) is 1.74. The Kier molecular flexibility index (Phi) is 7.55. The van der Waals surface area contributed by atoms with Crippen molar-refractivity contribution in [3.63, 3.8) is 0 Å². The molecule has 6 heteroatoms. The fraction of sp³-hybridized carbons (Fsp3) is 0.462. The lowest BCUT2D eigenvalue weighted by atomic mass is 9.93. The highest BCUT2D eigenvalue weighted by Crippen LogP contribution is 2.29. The van der Waals surface area contributed by atoms with Gasteiger partial charge in [0.25, 0.3) is 5.91 Å². The summed E-state index contributed by atoms with van der Waals surface area (Å²) in [5.41, 5.74) is 2.27. The zero-order valence-electron chi connectivity index (χ0n) is 18.8. The molecule has 0 saturated carbocycles. The van der Waals surface area contributed by atoms with Gasteiger partial charge in [-0.1, -0.05) is 60.7 Å². The van der Waals surface area contributed by atoms with Gasteiger partial charge in [-0.05, 0) is 49.4 Å². The third kappa shape index (κ3) is 5.56. The van der Waals surface area contributed by atoms with E-state index in [4.69, 9.17) is 4.74 Å². The van der Waals surface area contributed by atoms with E-state index in [1.807, 2.05) is 30.3 Å². The Bertz CT molecular complexity index is 882. The first-order valence-corrected chi connectivity index (χ1v) is 11.6. The van der Waals surface area contributed by atoms with E-state index in [2.05, 4.69) is 40.5 Å². The van der Waals surface area contributed by atoms with Crippen molar-refractivity contribution < 1.29 is 14.3 Å². The van der Waals surface area contributed by atoms with Crippen molar-refractivity contribution >= 4 is 11.8 Å². The number of nitrogens with zero attached hydrogens (tertiary/aromatic N) is 2. The highest BCUT2D eigenvalue weighted by Gasteiger charge is 2.39. The molecule has 2 aliphatic heterocycles. The van der Waals surface area contributed by atoms with Gasteiger partial charge in [-0.3, -0.25) is 14.5 Å². The molecule has 1 N–H and O–H groups in total. The first-order valence-electron chi connectivity index (χ1n) is 11.6. The molecule has 2 fully saturated rings. The smallest absolute Gasteiger partial charge is 0.251 e. The topological polar surface area (TPSA) is 61.9 Å². The highest BCUT2D eigenvalue weighted by molar-refractivity contribution is 5.86. The molecule has 2 atom stereocenters. The van der Waals surface area contributed by atoms with Crippen LogP contribution in [0.25, 0.3) is 0 Å². The predicted molar refractivity (Wildman–Crippen MR) is 124 cm³/mol. The molecular weight excluding hydrogens is 402 g/mol. The average molecular weight is 436 g/mol. The number of carbonyl (C=O) groups is 2. The van der Waals surface area contributed by atoms with Gasteiger partial charge < -0.3 is 15.0 Å². The number of likely N-dealkylation sites (N-methyl/N-ethyl adjacent to an activating group) is 1. The molecular formula is C26H33N3O3. The standard InChI is InChI=1S/C26H33N3O3/c1-28-23(30)19-32-25(24(28)22-10-6-3-7-11-22)26(31)27-15-12-20-13-16-29(17-14-20)18-21-8-4-2-5-9-21/h2-11,20,24-25H,12-19H2,1H3,(H,27,31)/t24-,25+/m0/s1. The number of carbonyl (C=O) groups excluding carboxylic acids is 2. The fourth-order valence-corrected chi connectivity index (χ4v) is 4.75. The summed E-state index contributed by atoms with van der Waals surface area (Å²) in [5.74, 6) is 0.383. The van der Waals surface area contributed by atoms with Crippen molar-refractivity contribution in [3.05, 3.63) is 71.8 Å². The first-order chi connectivity index (χ1) is 15.6. The molecule has 2 heterocycles. The summed E-state index contributed by atoms with van der Waals surface area (Å²) in [4.78, 5) is 29.3. The third-order valence-corrected chi connectivity index (χ3v) is 6.69. The van der Waals surface area contributed by atoms with Crippen LogP contribution in [0.3, 0.4) is 0 Å². The van der Waals surface area contributed by atoms with Gasteiger partial charge in [-0.25, -0.2) is 0 Å². The first kappa shape index (κ1) is 22.5. The highest BCUT2D eigenvalue weighted by atomic mass is 16.5. The van der Waals surface area contributed by atoms with Crippen LogP contribution >= 0.6 is 0 Å². The van der Waals surface area contributed by atoms with Crippen LogP contribution in [0.2, 0.25) is 0 Å². The second kappa shape index (κ2) is 10.7. The van der Waals surface area contributed by atoms with Gasteiger partial charge in [0.15, 0.2) is 6.10 Å². The van der Waals surface area contributed by atoms with Crippen molar-refractivity contribution in [2.24, 2.45) is 5.92 Å². The van der Waals surface area contributed by atoms with Crippen LogP contribution in [0.4, 0.5) is 0 Å². The number of morpholine rings is 1. The summed E-state index contributed by atoms with van der Waals surface area (Å²) >= 11 is 0. The molecule has 0 aromatic heterocycles. The largest absolute Gasteiger partial charge is 0.356 e. The molecule has 2 aromatic carbocycles. The van der Waals surface area contributed by atoms with E-state index in [1.165, 1.54) is 5.56 Å². The van der Waals surface area contributed by atoms with Crippen LogP contribution in [0.15, 0.2) is 60.7 Å². The molecule has 0 bridgehead atoms. The second-order valence-electron chi connectivity index (χ2n) is 8.88. The van der Waals surface area contributed by atoms with Gasteiger partial charge in [0.05, 0.1) is 6.04 Å². The molecule has 0 unspecified atom stereocenters. The van der Waals surface area contributed by atoms with Crippen molar-refractivity contribution in [2.75, 3.05) is 33.3 Å². The lowest BCUT2D eigenvalue weighted by Gasteiger charge is -2.38. The normalized spacial score (nSPS) is 22.7. The van der Waals surface area contributed by atoms with E-state index >= 15 is 0 Å². The third-order valence-electron chi connectivity index (χ3n) is 6.69. The van der Waals surface area contributed by atoms with E-state index in [1.54, 1.807) is 11.9 Å². The van der Waals surface area contributed by atoms with Gasteiger partial charge in [0.2, 0.25) is 5.91 Å². The predicted octanol–water partition coefficient (Wildman–Crippen LogP) is 3.00. The van der Waals surface area contributed by atoms with E-state index in [0.717, 1.165) is 44.5 Å². The van der Waals surface area contributed by atoms with E-state index in [-0.39, 0.29) is 18.4 Å². The second-order valence-corrected chi connectivity index (χ2v) is 8.88. The molecule has 4 rings (SSSR count). The van der Waals surface area contributed by atoms with E-state index in [9.17, 15) is 9.59 Å². The Balaban J connectivity index is 1.24. The zero-order valence-corrected chi connectivity index (χ0v) is 18.8. The maximum atomic E-state index is 12.9. The fourth-order valence-electron chi connectivity index (χ4n) is 4.75. The summed E-state index contributed by atoms with van der Waals surface area (Å²) in [5, 5.41) is 3.07. The Morgan fingerprint density at radius 2 is 1.69 bits per heavy atom. The quantitative estimate of drug-likeness (QED) is 0.726. The molecule has 0 aliphatic carbocycles. The molecule has 170 valence electrons. The summed E-state index contributed by atoms with van der Waals surface area (Å²) in [6, 6.07) is 19.8. The van der Waals surface area contributed by atoms with Crippen molar-refractivity contribution in [1.29, 1.82) is 0 Å². The number of rotatable bonds is 7. The summed E-state index contributed by atoms with van der Waals surface area (Å²) in [6.07, 6.45) is 2.61. The SMILES string of the molecule is CN1C(=O)CO[C@@H](C(=O)NCCC2CCN(Cc3ccccc3)CC2)[C@@H]1c1ccccc1. The van der Waals surface area contributed by atoms with Crippen LogP contribution in [-0.4, -0.2) is 61.0 Å². The molecule has 32 heavy (non-hydrogen) atoms. The van der Waals surface area contributed by atoms with Crippen molar-refractivity contribution in [2.45, 2.75) is 38.0 Å². The lowest BCUT2D eigenvalue weighted by molar-refractivity contribution is -0.162. The van der Waals surface area contributed by atoms with Gasteiger partial charge >= 0.3 is 0 Å².